The van der Waals surface area contributed by atoms with Crippen molar-refractivity contribution in [3.05, 3.63) is 0 Å². The van der Waals surface area contributed by atoms with Gasteiger partial charge in [0, 0.05) is 12.2 Å². The largest absolute Gasteiger partial charge is 0.480 e. The standard InChI is InChI=1S/C16H29N5O6S/c1-3-8(2)13(21-12(23)6-17)15(25)20-10(7-28)14(24)19-9(16(26)27)4-5-11(18)22/h8-10,13,28H,3-7,17H2,1-2H3,(H2,18,22)(H,19,24)(H,20,25)(H,21,23)(H,26,27). The second kappa shape index (κ2) is 12.9. The first-order chi connectivity index (χ1) is 13.1. The van der Waals surface area contributed by atoms with Crippen LogP contribution < -0.4 is 27.4 Å². The maximum absolute atomic E-state index is 12.5. The number of primary amides is 1. The molecule has 8 N–H and O–H groups in total. The van der Waals surface area contributed by atoms with Crippen LogP contribution >= 0.6 is 12.6 Å². The van der Waals surface area contributed by atoms with Crippen molar-refractivity contribution in [3.8, 4) is 0 Å². The van der Waals surface area contributed by atoms with E-state index in [1.165, 1.54) is 0 Å². The second-order valence-electron chi connectivity index (χ2n) is 6.28. The lowest BCUT2D eigenvalue weighted by Gasteiger charge is -2.26. The van der Waals surface area contributed by atoms with Crippen LogP contribution in [0.5, 0.6) is 0 Å². The Morgan fingerprint density at radius 1 is 1.04 bits per heavy atom. The zero-order valence-electron chi connectivity index (χ0n) is 15.9. The van der Waals surface area contributed by atoms with E-state index in [1.807, 2.05) is 6.92 Å². The van der Waals surface area contributed by atoms with Gasteiger partial charge < -0.3 is 32.5 Å². The van der Waals surface area contributed by atoms with Crippen LogP contribution in [0.2, 0.25) is 0 Å². The molecule has 4 unspecified atom stereocenters. The summed E-state index contributed by atoms with van der Waals surface area (Å²) in [5, 5.41) is 16.4. The molecule has 4 atom stereocenters. The number of hydrogen-bond acceptors (Lipinski definition) is 7. The maximum Gasteiger partial charge on any atom is 0.326 e. The molecular formula is C16H29N5O6S. The molecule has 11 nitrogen and oxygen atoms in total. The van der Waals surface area contributed by atoms with Crippen LogP contribution in [-0.4, -0.2) is 65.1 Å². The Morgan fingerprint density at radius 2 is 1.61 bits per heavy atom. The quantitative estimate of drug-likeness (QED) is 0.163. The minimum Gasteiger partial charge on any atom is -0.480 e. The van der Waals surface area contributed by atoms with Gasteiger partial charge in [0.1, 0.15) is 18.1 Å². The molecule has 0 aromatic heterocycles. The highest BCUT2D eigenvalue weighted by molar-refractivity contribution is 7.80. The fraction of sp³-hybridized carbons (Fsp3) is 0.688. The number of carbonyl (C=O) groups excluding carboxylic acids is 4. The number of hydrogen-bond donors (Lipinski definition) is 7. The van der Waals surface area contributed by atoms with Crippen LogP contribution in [0, 0.1) is 5.92 Å². The third-order valence-corrected chi connectivity index (χ3v) is 4.47. The lowest BCUT2D eigenvalue weighted by atomic mass is 9.98. The van der Waals surface area contributed by atoms with Gasteiger partial charge in [-0.3, -0.25) is 19.2 Å². The van der Waals surface area contributed by atoms with Gasteiger partial charge in [-0.05, 0) is 12.3 Å². The number of rotatable bonds is 13. The van der Waals surface area contributed by atoms with Gasteiger partial charge in [0.05, 0.1) is 6.54 Å². The summed E-state index contributed by atoms with van der Waals surface area (Å²) in [6, 6.07) is -3.41. The van der Waals surface area contributed by atoms with E-state index in [1.54, 1.807) is 6.92 Å². The zero-order chi connectivity index (χ0) is 21.9. The predicted octanol–water partition coefficient (Wildman–Crippen LogP) is -2.27. The number of carbonyl (C=O) groups is 5. The number of aliphatic carboxylic acids is 1. The molecule has 160 valence electrons. The van der Waals surface area contributed by atoms with Crippen molar-refractivity contribution in [1.29, 1.82) is 0 Å². The fourth-order valence-electron chi connectivity index (χ4n) is 2.21. The molecule has 0 bridgehead atoms. The first-order valence-corrected chi connectivity index (χ1v) is 9.42. The van der Waals surface area contributed by atoms with Gasteiger partial charge in [-0.25, -0.2) is 4.79 Å². The van der Waals surface area contributed by atoms with E-state index in [9.17, 15) is 24.0 Å². The van der Waals surface area contributed by atoms with Gasteiger partial charge in [-0.2, -0.15) is 12.6 Å². The summed E-state index contributed by atoms with van der Waals surface area (Å²) in [7, 11) is 0. The molecule has 0 aliphatic heterocycles. The molecule has 12 heteroatoms. The molecule has 0 radical (unpaired) electrons. The first-order valence-electron chi connectivity index (χ1n) is 8.79. The topological polar surface area (TPSA) is 194 Å². The Kier molecular flexibility index (Phi) is 11.9. The van der Waals surface area contributed by atoms with E-state index in [2.05, 4.69) is 28.6 Å². The minimum absolute atomic E-state index is 0.113. The Balaban J connectivity index is 5.12. The van der Waals surface area contributed by atoms with Crippen LogP contribution in [0.3, 0.4) is 0 Å². The Hall–Kier alpha value is -2.34. The number of carboxylic acid groups (broad SMARTS) is 1. The third-order valence-electron chi connectivity index (χ3n) is 4.11. The highest BCUT2D eigenvalue weighted by Crippen LogP contribution is 2.09. The van der Waals surface area contributed by atoms with E-state index in [-0.39, 0.29) is 31.1 Å². The molecule has 4 amide bonds. The smallest absolute Gasteiger partial charge is 0.326 e. The van der Waals surface area contributed by atoms with Crippen molar-refractivity contribution < 1.29 is 29.1 Å². The summed E-state index contributed by atoms with van der Waals surface area (Å²) >= 11 is 4.02. The Bertz CT molecular complexity index is 588. The Labute approximate surface area is 168 Å². The van der Waals surface area contributed by atoms with Crippen LogP contribution in [-0.2, 0) is 24.0 Å². The molecule has 0 aromatic carbocycles. The SMILES string of the molecule is CCC(C)C(NC(=O)CN)C(=O)NC(CS)C(=O)NC(CCC(N)=O)C(=O)O. The molecule has 0 aromatic rings. The number of carboxylic acids is 1. The lowest BCUT2D eigenvalue weighted by Crippen LogP contribution is -2.58. The maximum atomic E-state index is 12.5. The average molecular weight is 420 g/mol. The highest BCUT2D eigenvalue weighted by Gasteiger charge is 2.30. The van der Waals surface area contributed by atoms with Crippen LogP contribution in [0.25, 0.3) is 0 Å². The van der Waals surface area contributed by atoms with Crippen molar-refractivity contribution in [2.24, 2.45) is 17.4 Å². The van der Waals surface area contributed by atoms with Crippen molar-refractivity contribution in [1.82, 2.24) is 16.0 Å². The van der Waals surface area contributed by atoms with E-state index in [4.69, 9.17) is 16.6 Å². The molecule has 0 fully saturated rings. The van der Waals surface area contributed by atoms with Crippen LogP contribution in [0.15, 0.2) is 0 Å². The number of nitrogens with two attached hydrogens (primary N) is 2. The Morgan fingerprint density at radius 3 is 2.04 bits per heavy atom. The normalized spacial score (nSPS) is 14.9. The van der Waals surface area contributed by atoms with Crippen molar-refractivity contribution in [2.75, 3.05) is 12.3 Å². The zero-order valence-corrected chi connectivity index (χ0v) is 16.8. The minimum atomic E-state index is -1.35. The molecule has 0 rings (SSSR count). The van der Waals surface area contributed by atoms with Crippen LogP contribution in [0.4, 0.5) is 0 Å². The predicted molar refractivity (Wildman–Crippen MR) is 104 cm³/mol. The van der Waals surface area contributed by atoms with Gasteiger partial charge in [0.15, 0.2) is 0 Å². The van der Waals surface area contributed by atoms with Gasteiger partial charge in [0.2, 0.25) is 23.6 Å². The van der Waals surface area contributed by atoms with E-state index >= 15 is 0 Å². The molecule has 0 aliphatic carbocycles. The molecule has 0 saturated carbocycles. The van der Waals surface area contributed by atoms with Crippen molar-refractivity contribution in [2.45, 2.75) is 51.2 Å². The molecule has 0 heterocycles. The number of thiol groups is 1. The monoisotopic (exact) mass is 419 g/mol. The van der Waals surface area contributed by atoms with Gasteiger partial charge >= 0.3 is 5.97 Å². The van der Waals surface area contributed by atoms with Gasteiger partial charge in [-0.1, -0.05) is 20.3 Å². The first kappa shape index (κ1) is 25.7. The van der Waals surface area contributed by atoms with Gasteiger partial charge in [-0.15, -0.1) is 0 Å². The summed E-state index contributed by atoms with van der Waals surface area (Å²) in [5.74, 6) is -4.32. The average Bonchev–Trinajstić information content (AvgIpc) is 2.65. The van der Waals surface area contributed by atoms with Crippen molar-refractivity contribution in [3.63, 3.8) is 0 Å². The summed E-state index contributed by atoms with van der Waals surface area (Å²) in [4.78, 5) is 58.5. The second-order valence-corrected chi connectivity index (χ2v) is 6.65. The number of amides is 4. The molecular weight excluding hydrogens is 390 g/mol. The van der Waals surface area contributed by atoms with Crippen molar-refractivity contribution >= 4 is 42.2 Å². The summed E-state index contributed by atoms with van der Waals surface area (Å²) < 4.78 is 0. The summed E-state index contributed by atoms with van der Waals surface area (Å²) in [6.45, 7) is 3.29. The molecule has 28 heavy (non-hydrogen) atoms. The highest BCUT2D eigenvalue weighted by atomic mass is 32.1. The van der Waals surface area contributed by atoms with Gasteiger partial charge in [0.25, 0.3) is 0 Å². The van der Waals surface area contributed by atoms with E-state index in [0.717, 1.165) is 0 Å². The fourth-order valence-corrected chi connectivity index (χ4v) is 2.46. The molecule has 0 saturated heterocycles. The van der Waals surface area contributed by atoms with E-state index < -0.39 is 47.7 Å². The molecule has 0 spiro atoms. The lowest BCUT2D eigenvalue weighted by molar-refractivity contribution is -0.142. The summed E-state index contributed by atoms with van der Waals surface area (Å²) in [6.07, 6.45) is 0.164. The van der Waals surface area contributed by atoms with E-state index in [0.29, 0.717) is 6.42 Å². The molecule has 0 aliphatic rings. The third kappa shape index (κ3) is 9.04. The van der Waals surface area contributed by atoms with Crippen LogP contribution in [0.1, 0.15) is 33.1 Å². The summed E-state index contributed by atoms with van der Waals surface area (Å²) in [5.41, 5.74) is 10.3. The number of nitrogens with one attached hydrogen (secondary N) is 3.